The number of aromatic nitrogens is 1. The fourth-order valence-corrected chi connectivity index (χ4v) is 6.39. The predicted octanol–water partition coefficient (Wildman–Crippen LogP) is 11.8. The van der Waals surface area contributed by atoms with Crippen molar-refractivity contribution in [2.45, 2.75) is 6.92 Å². The zero-order chi connectivity index (χ0) is 29.5. The lowest BCUT2D eigenvalue weighted by molar-refractivity contribution is 1.18. The average molecular weight is 562 g/mol. The lowest BCUT2D eigenvalue weighted by atomic mass is 9.97. The first-order chi connectivity index (χ1) is 21.7. The van der Waals surface area contributed by atoms with Gasteiger partial charge in [0, 0.05) is 16.5 Å². The van der Waals surface area contributed by atoms with E-state index in [4.69, 9.17) is 0 Å². The SMILES string of the molecule is Cc1ccc(-c2cccc(-c3ccc4c5ccccc5n(-c5cc(-c6ccccc6)cc(-c6ccccc6)c5)c4c3)c2)cc1. The van der Waals surface area contributed by atoms with Gasteiger partial charge in [-0.2, -0.15) is 0 Å². The quantitative estimate of drug-likeness (QED) is 0.197. The molecule has 0 bridgehead atoms. The third kappa shape index (κ3) is 4.69. The van der Waals surface area contributed by atoms with Crippen molar-refractivity contribution >= 4 is 21.8 Å². The van der Waals surface area contributed by atoms with Gasteiger partial charge in [-0.1, -0.05) is 139 Å². The van der Waals surface area contributed by atoms with Crippen LogP contribution in [-0.2, 0) is 0 Å². The number of rotatable bonds is 5. The van der Waals surface area contributed by atoms with Crippen molar-refractivity contribution in [2.24, 2.45) is 0 Å². The molecule has 8 rings (SSSR count). The summed E-state index contributed by atoms with van der Waals surface area (Å²) in [6.07, 6.45) is 0. The maximum atomic E-state index is 2.44. The van der Waals surface area contributed by atoms with Gasteiger partial charge >= 0.3 is 0 Å². The van der Waals surface area contributed by atoms with E-state index < -0.39 is 0 Å². The number of fused-ring (bicyclic) bond motifs is 3. The average Bonchev–Trinajstić information content (AvgIpc) is 3.43. The molecule has 44 heavy (non-hydrogen) atoms. The summed E-state index contributed by atoms with van der Waals surface area (Å²) < 4.78 is 2.44. The van der Waals surface area contributed by atoms with Gasteiger partial charge in [0.15, 0.2) is 0 Å². The van der Waals surface area contributed by atoms with Gasteiger partial charge in [0.25, 0.3) is 0 Å². The van der Waals surface area contributed by atoms with Crippen LogP contribution in [0.4, 0.5) is 0 Å². The van der Waals surface area contributed by atoms with Gasteiger partial charge in [0.1, 0.15) is 0 Å². The van der Waals surface area contributed by atoms with E-state index in [1.807, 2.05) is 0 Å². The standard InChI is InChI=1S/C43H31N/c1-30-19-21-33(22-20-30)34-15-10-16-35(25-34)36-23-24-41-40-17-8-9-18-42(40)44(43(41)29-36)39-27-37(31-11-4-2-5-12-31)26-38(28-39)32-13-6-3-7-14-32/h2-29H,1H3. The lowest BCUT2D eigenvalue weighted by Crippen LogP contribution is -1.96. The van der Waals surface area contributed by atoms with E-state index in [9.17, 15) is 0 Å². The smallest absolute Gasteiger partial charge is 0.0547 e. The van der Waals surface area contributed by atoms with Gasteiger partial charge in [0.05, 0.1) is 11.0 Å². The third-order valence-electron chi connectivity index (χ3n) is 8.64. The van der Waals surface area contributed by atoms with Crippen LogP contribution in [0.2, 0.25) is 0 Å². The summed E-state index contributed by atoms with van der Waals surface area (Å²) in [5.74, 6) is 0. The van der Waals surface area contributed by atoms with Gasteiger partial charge in [-0.15, -0.1) is 0 Å². The molecule has 1 aromatic heterocycles. The van der Waals surface area contributed by atoms with E-state index in [-0.39, 0.29) is 0 Å². The van der Waals surface area contributed by atoms with Crippen LogP contribution < -0.4 is 0 Å². The van der Waals surface area contributed by atoms with Crippen LogP contribution in [0.3, 0.4) is 0 Å². The van der Waals surface area contributed by atoms with E-state index in [2.05, 4.69) is 181 Å². The molecule has 0 atom stereocenters. The number of hydrogen-bond acceptors (Lipinski definition) is 0. The van der Waals surface area contributed by atoms with E-state index in [1.165, 1.54) is 71.9 Å². The minimum absolute atomic E-state index is 1.15. The molecule has 0 aliphatic carbocycles. The Kier molecular flexibility index (Phi) is 6.43. The Hall–Kier alpha value is -5.66. The minimum Gasteiger partial charge on any atom is -0.309 e. The monoisotopic (exact) mass is 561 g/mol. The first-order valence-corrected chi connectivity index (χ1v) is 15.2. The van der Waals surface area contributed by atoms with Crippen molar-refractivity contribution in [1.82, 2.24) is 4.57 Å². The van der Waals surface area contributed by atoms with Crippen LogP contribution in [0.25, 0.3) is 72.0 Å². The van der Waals surface area contributed by atoms with Gasteiger partial charge in [-0.25, -0.2) is 0 Å². The van der Waals surface area contributed by atoms with E-state index >= 15 is 0 Å². The minimum atomic E-state index is 1.15. The molecule has 0 fully saturated rings. The highest BCUT2D eigenvalue weighted by Gasteiger charge is 2.15. The molecule has 1 heterocycles. The highest BCUT2D eigenvalue weighted by molar-refractivity contribution is 6.10. The summed E-state index contributed by atoms with van der Waals surface area (Å²) >= 11 is 0. The van der Waals surface area contributed by atoms with Crippen LogP contribution in [0.5, 0.6) is 0 Å². The zero-order valence-electron chi connectivity index (χ0n) is 24.6. The first-order valence-electron chi connectivity index (χ1n) is 15.2. The number of aryl methyl sites for hydroxylation is 1. The molecule has 0 spiro atoms. The van der Waals surface area contributed by atoms with Crippen LogP contribution in [0.15, 0.2) is 170 Å². The topological polar surface area (TPSA) is 4.93 Å². The molecule has 0 aliphatic rings. The van der Waals surface area contributed by atoms with Crippen molar-refractivity contribution in [2.75, 3.05) is 0 Å². The molecule has 208 valence electrons. The highest BCUT2D eigenvalue weighted by atomic mass is 15.0. The molecule has 0 amide bonds. The molecule has 8 aromatic rings. The van der Waals surface area contributed by atoms with E-state index in [1.54, 1.807) is 0 Å². The van der Waals surface area contributed by atoms with Crippen molar-refractivity contribution < 1.29 is 0 Å². The Morgan fingerprint density at radius 3 is 1.48 bits per heavy atom. The summed E-state index contributed by atoms with van der Waals surface area (Å²) in [4.78, 5) is 0. The maximum Gasteiger partial charge on any atom is 0.0547 e. The molecule has 0 N–H and O–H groups in total. The fourth-order valence-electron chi connectivity index (χ4n) is 6.39. The molecule has 1 heteroatoms. The normalized spacial score (nSPS) is 11.3. The third-order valence-corrected chi connectivity index (χ3v) is 8.64. The molecular weight excluding hydrogens is 530 g/mol. The number of nitrogens with zero attached hydrogens (tertiary/aromatic N) is 1. The number of para-hydroxylation sites is 1. The van der Waals surface area contributed by atoms with Crippen molar-refractivity contribution in [3.8, 4) is 50.2 Å². The molecule has 0 unspecified atom stereocenters. The second-order valence-corrected chi connectivity index (χ2v) is 11.5. The Labute approximate surface area is 258 Å². The van der Waals surface area contributed by atoms with Gasteiger partial charge in [0.2, 0.25) is 0 Å². The summed E-state index contributed by atoms with van der Waals surface area (Å²) in [7, 11) is 0. The van der Waals surface area contributed by atoms with E-state index in [0.717, 1.165) is 5.69 Å². The zero-order valence-corrected chi connectivity index (χ0v) is 24.6. The second kappa shape index (κ2) is 10.9. The Morgan fingerprint density at radius 2 is 0.795 bits per heavy atom. The first kappa shape index (κ1) is 26.0. The molecule has 1 nitrogen and oxygen atoms in total. The lowest BCUT2D eigenvalue weighted by Gasteiger charge is -2.14. The Balaban J connectivity index is 1.35. The van der Waals surface area contributed by atoms with Crippen LogP contribution in [-0.4, -0.2) is 4.57 Å². The molecule has 0 saturated heterocycles. The molecule has 7 aromatic carbocycles. The summed E-state index contributed by atoms with van der Waals surface area (Å²) in [6, 6.07) is 61.7. The molecular formula is C43H31N. The van der Waals surface area contributed by atoms with Crippen molar-refractivity contribution in [1.29, 1.82) is 0 Å². The van der Waals surface area contributed by atoms with Gasteiger partial charge in [-0.05, 0) is 87.8 Å². The van der Waals surface area contributed by atoms with Crippen molar-refractivity contribution in [3.05, 3.63) is 175 Å². The maximum absolute atomic E-state index is 2.44. The van der Waals surface area contributed by atoms with Gasteiger partial charge < -0.3 is 4.57 Å². The largest absolute Gasteiger partial charge is 0.309 e. The summed E-state index contributed by atoms with van der Waals surface area (Å²) in [5.41, 5.74) is 14.5. The van der Waals surface area contributed by atoms with Crippen LogP contribution >= 0.6 is 0 Å². The highest BCUT2D eigenvalue weighted by Crippen LogP contribution is 2.38. The fraction of sp³-hybridized carbons (Fsp3) is 0.0233. The van der Waals surface area contributed by atoms with Crippen LogP contribution in [0.1, 0.15) is 5.56 Å². The van der Waals surface area contributed by atoms with Crippen LogP contribution in [0, 0.1) is 6.92 Å². The Bertz CT molecular complexity index is 2200. The molecule has 0 radical (unpaired) electrons. The summed E-state index contributed by atoms with van der Waals surface area (Å²) in [5, 5.41) is 2.51. The number of hydrogen-bond donors (Lipinski definition) is 0. The van der Waals surface area contributed by atoms with Crippen molar-refractivity contribution in [3.63, 3.8) is 0 Å². The van der Waals surface area contributed by atoms with Gasteiger partial charge in [-0.3, -0.25) is 0 Å². The van der Waals surface area contributed by atoms with E-state index in [0.29, 0.717) is 0 Å². The molecule has 0 saturated carbocycles. The molecule has 0 aliphatic heterocycles. The second-order valence-electron chi connectivity index (χ2n) is 11.5. The Morgan fingerprint density at radius 1 is 0.318 bits per heavy atom. The number of benzene rings is 7. The predicted molar refractivity (Wildman–Crippen MR) is 187 cm³/mol. The summed E-state index contributed by atoms with van der Waals surface area (Å²) in [6.45, 7) is 2.13.